The minimum Gasteiger partial charge on any atom is -0.466 e. The molecule has 2 rings (SSSR count). The summed E-state index contributed by atoms with van der Waals surface area (Å²) in [5.41, 5.74) is -0.463. The fourth-order valence-electron chi connectivity index (χ4n) is 2.75. The van der Waals surface area contributed by atoms with E-state index in [0.717, 1.165) is 6.07 Å². The summed E-state index contributed by atoms with van der Waals surface area (Å²) in [5.74, 6) is -0.419. The van der Waals surface area contributed by atoms with Gasteiger partial charge in [-0.2, -0.15) is 4.31 Å². The fraction of sp³-hybridized carbons (Fsp3) is 0.533. The summed E-state index contributed by atoms with van der Waals surface area (Å²) in [6.07, 6.45) is 0.0312. The van der Waals surface area contributed by atoms with Crippen molar-refractivity contribution < 1.29 is 22.9 Å². The average molecular weight is 371 g/mol. The van der Waals surface area contributed by atoms with Crippen LogP contribution in [0.2, 0.25) is 0 Å². The van der Waals surface area contributed by atoms with E-state index in [9.17, 15) is 23.3 Å². The van der Waals surface area contributed by atoms with Crippen molar-refractivity contribution in [3.05, 3.63) is 34.4 Å². The van der Waals surface area contributed by atoms with Crippen molar-refractivity contribution >= 4 is 21.7 Å². The van der Waals surface area contributed by atoms with Crippen molar-refractivity contribution in [2.75, 3.05) is 19.7 Å². The molecule has 25 heavy (non-hydrogen) atoms. The third-order valence-corrected chi connectivity index (χ3v) is 5.99. The lowest BCUT2D eigenvalue weighted by Crippen LogP contribution is -2.57. The molecule has 0 unspecified atom stereocenters. The number of sulfonamides is 1. The number of para-hydroxylation sites is 1. The molecule has 0 amide bonds. The summed E-state index contributed by atoms with van der Waals surface area (Å²) in [7, 11) is -4.07. The summed E-state index contributed by atoms with van der Waals surface area (Å²) in [6, 6.07) is 4.44. The van der Waals surface area contributed by atoms with Gasteiger partial charge in [0.2, 0.25) is 10.0 Å². The molecule has 0 aliphatic carbocycles. The first kappa shape index (κ1) is 19.3. The normalized spacial score (nSPS) is 21.7. The van der Waals surface area contributed by atoms with Crippen LogP contribution in [0.4, 0.5) is 5.69 Å². The van der Waals surface area contributed by atoms with Crippen molar-refractivity contribution in [1.29, 1.82) is 0 Å². The molecule has 1 fully saturated rings. The summed E-state index contributed by atoms with van der Waals surface area (Å²) in [5, 5.41) is 14.3. The molecule has 9 nitrogen and oxygen atoms in total. The first-order chi connectivity index (χ1) is 11.8. The Labute approximate surface area is 146 Å². The predicted octanol–water partition coefficient (Wildman–Crippen LogP) is 0.899. The number of hydrogen-bond donors (Lipinski definition) is 1. The van der Waals surface area contributed by atoms with Gasteiger partial charge in [0.25, 0.3) is 5.69 Å². The number of carbonyl (C=O) groups is 1. The number of benzene rings is 1. The second kappa shape index (κ2) is 7.89. The number of carbonyl (C=O) groups excluding carboxylic acids is 1. The smallest absolute Gasteiger partial charge is 0.307 e. The van der Waals surface area contributed by atoms with Crippen LogP contribution in [0.25, 0.3) is 0 Å². The Morgan fingerprint density at radius 2 is 2.12 bits per heavy atom. The predicted molar refractivity (Wildman–Crippen MR) is 89.5 cm³/mol. The molecule has 1 aliphatic rings. The Morgan fingerprint density at radius 3 is 2.76 bits per heavy atom. The van der Waals surface area contributed by atoms with Crippen LogP contribution in [-0.4, -0.2) is 55.4 Å². The number of hydrogen-bond acceptors (Lipinski definition) is 7. The Hall–Kier alpha value is -2.04. The standard InChI is InChI=1S/C15H21N3O6S/c1-3-24-15(19)8-12-10-17(11(2)9-16-12)25(22,23)14-7-5-4-6-13(14)18(20)21/h4-7,11-12,16H,3,8-10H2,1-2H3/t11-,12-/m0/s1. The number of esters is 1. The number of nitro groups is 1. The van der Waals surface area contributed by atoms with E-state index < -0.39 is 38.7 Å². The van der Waals surface area contributed by atoms with E-state index in [1.165, 1.54) is 22.5 Å². The van der Waals surface area contributed by atoms with Crippen molar-refractivity contribution in [2.45, 2.75) is 37.2 Å². The number of nitro benzene ring substituents is 1. The van der Waals surface area contributed by atoms with E-state index in [1.54, 1.807) is 13.8 Å². The van der Waals surface area contributed by atoms with Gasteiger partial charge in [-0.1, -0.05) is 12.1 Å². The monoisotopic (exact) mass is 371 g/mol. The van der Waals surface area contributed by atoms with Crippen LogP contribution < -0.4 is 5.32 Å². The van der Waals surface area contributed by atoms with Crippen LogP contribution in [-0.2, 0) is 19.6 Å². The van der Waals surface area contributed by atoms with Crippen molar-refractivity contribution in [1.82, 2.24) is 9.62 Å². The molecule has 1 heterocycles. The quantitative estimate of drug-likeness (QED) is 0.448. The Kier molecular flexibility index (Phi) is 6.09. The maximum Gasteiger partial charge on any atom is 0.307 e. The van der Waals surface area contributed by atoms with Gasteiger partial charge in [-0.25, -0.2) is 8.42 Å². The number of nitrogens with one attached hydrogen (secondary N) is 1. The summed E-state index contributed by atoms with van der Waals surface area (Å²) < 4.78 is 32.0. The van der Waals surface area contributed by atoms with Crippen LogP contribution >= 0.6 is 0 Å². The van der Waals surface area contributed by atoms with Crippen LogP contribution in [0.5, 0.6) is 0 Å². The van der Waals surface area contributed by atoms with E-state index in [0.29, 0.717) is 6.54 Å². The molecule has 0 aromatic heterocycles. The van der Waals surface area contributed by atoms with Gasteiger partial charge in [-0.05, 0) is 19.9 Å². The zero-order valence-corrected chi connectivity index (χ0v) is 14.9. The highest BCUT2D eigenvalue weighted by molar-refractivity contribution is 7.89. The summed E-state index contributed by atoms with van der Waals surface area (Å²) in [6.45, 7) is 4.03. The molecule has 1 saturated heterocycles. The summed E-state index contributed by atoms with van der Waals surface area (Å²) >= 11 is 0. The number of nitrogens with zero attached hydrogens (tertiary/aromatic N) is 2. The molecule has 1 N–H and O–H groups in total. The van der Waals surface area contributed by atoms with Gasteiger partial charge >= 0.3 is 5.97 Å². The fourth-order valence-corrected chi connectivity index (χ4v) is 4.58. The van der Waals surface area contributed by atoms with Gasteiger partial charge in [-0.15, -0.1) is 0 Å². The molecule has 138 valence electrons. The minimum absolute atomic E-state index is 0.0312. The van der Waals surface area contributed by atoms with Crippen molar-refractivity contribution in [2.24, 2.45) is 0 Å². The SMILES string of the molecule is CCOC(=O)C[C@H]1CN(S(=O)(=O)c2ccccc2[N+](=O)[O-])[C@@H](C)CN1. The lowest BCUT2D eigenvalue weighted by Gasteiger charge is -2.37. The second-order valence-electron chi connectivity index (χ2n) is 5.76. The van der Waals surface area contributed by atoms with Crippen LogP contribution in [0.3, 0.4) is 0 Å². The first-order valence-corrected chi connectivity index (χ1v) is 9.35. The van der Waals surface area contributed by atoms with Crippen LogP contribution in [0.1, 0.15) is 20.3 Å². The third-order valence-electron chi connectivity index (χ3n) is 3.96. The van der Waals surface area contributed by atoms with Crippen LogP contribution in [0.15, 0.2) is 29.2 Å². The lowest BCUT2D eigenvalue weighted by atomic mass is 10.1. The molecule has 10 heteroatoms. The van der Waals surface area contributed by atoms with Gasteiger partial charge in [0.15, 0.2) is 4.90 Å². The topological polar surface area (TPSA) is 119 Å². The molecule has 0 radical (unpaired) electrons. The minimum atomic E-state index is -4.07. The van der Waals surface area contributed by atoms with Crippen molar-refractivity contribution in [3.63, 3.8) is 0 Å². The number of ether oxygens (including phenoxy) is 1. The van der Waals surface area contributed by atoms with Gasteiger partial charge in [0, 0.05) is 31.2 Å². The Bertz CT molecular complexity index is 751. The number of piperazine rings is 1. The molecule has 1 aliphatic heterocycles. The molecule has 1 aromatic carbocycles. The average Bonchev–Trinajstić information content (AvgIpc) is 2.56. The Balaban J connectivity index is 2.28. The summed E-state index contributed by atoms with van der Waals surface area (Å²) in [4.78, 5) is 21.8. The van der Waals surface area contributed by atoms with E-state index in [4.69, 9.17) is 4.74 Å². The van der Waals surface area contributed by atoms with Gasteiger partial charge in [0.1, 0.15) is 0 Å². The van der Waals surface area contributed by atoms with E-state index >= 15 is 0 Å². The zero-order valence-electron chi connectivity index (χ0n) is 14.0. The largest absolute Gasteiger partial charge is 0.466 e. The third kappa shape index (κ3) is 4.33. The molecule has 0 bridgehead atoms. The highest BCUT2D eigenvalue weighted by Crippen LogP contribution is 2.28. The molecular formula is C15H21N3O6S. The van der Waals surface area contributed by atoms with Crippen molar-refractivity contribution in [3.8, 4) is 0 Å². The van der Waals surface area contributed by atoms with E-state index in [-0.39, 0.29) is 24.5 Å². The highest BCUT2D eigenvalue weighted by Gasteiger charge is 2.38. The van der Waals surface area contributed by atoms with E-state index in [1.807, 2.05) is 0 Å². The molecule has 1 aromatic rings. The van der Waals surface area contributed by atoms with Gasteiger partial charge in [0.05, 0.1) is 18.0 Å². The van der Waals surface area contributed by atoms with Crippen LogP contribution in [0, 0.1) is 10.1 Å². The molecular weight excluding hydrogens is 350 g/mol. The number of rotatable bonds is 6. The highest BCUT2D eigenvalue weighted by atomic mass is 32.2. The molecule has 0 spiro atoms. The molecule has 0 saturated carbocycles. The maximum atomic E-state index is 13.0. The van der Waals surface area contributed by atoms with Gasteiger partial charge < -0.3 is 10.1 Å². The van der Waals surface area contributed by atoms with E-state index in [2.05, 4.69) is 5.32 Å². The second-order valence-corrected chi connectivity index (χ2v) is 7.62. The molecule has 2 atom stereocenters. The van der Waals surface area contributed by atoms with Gasteiger partial charge in [-0.3, -0.25) is 14.9 Å². The first-order valence-electron chi connectivity index (χ1n) is 7.91. The maximum absolute atomic E-state index is 13.0. The lowest BCUT2D eigenvalue weighted by molar-refractivity contribution is -0.387. The Morgan fingerprint density at radius 1 is 1.44 bits per heavy atom. The zero-order chi connectivity index (χ0) is 18.6.